The summed E-state index contributed by atoms with van der Waals surface area (Å²) in [6, 6.07) is 14.5. The number of carbonyl (C=O) groups excluding carboxylic acids is 2. The monoisotopic (exact) mass is 468 g/mol. The number of carboxylic acid groups (broad SMARTS) is 1. The molecule has 2 amide bonds. The van der Waals surface area contributed by atoms with E-state index in [0.717, 1.165) is 9.36 Å². The molecule has 0 unspecified atom stereocenters. The summed E-state index contributed by atoms with van der Waals surface area (Å²) in [5.74, 6) is -1.33. The number of nitrogens with zero attached hydrogens (tertiary/aromatic N) is 1. The van der Waals surface area contributed by atoms with Crippen LogP contribution in [0.4, 0.5) is 10.5 Å². The zero-order valence-corrected chi connectivity index (χ0v) is 17.6. The van der Waals surface area contributed by atoms with Gasteiger partial charge < -0.3 is 0 Å². The molecule has 0 aliphatic carbocycles. The molecule has 0 spiro atoms. The molecule has 28 heavy (non-hydrogen) atoms. The predicted octanol–water partition coefficient (Wildman–Crippen LogP) is 1.88. The Morgan fingerprint density at radius 3 is 2.43 bits per heavy atom. The molecule has 1 atom stereocenters. The zero-order valence-electron chi connectivity index (χ0n) is 15.1. The van der Waals surface area contributed by atoms with Gasteiger partial charge in [-0.2, -0.15) is 0 Å². The summed E-state index contributed by atoms with van der Waals surface area (Å²) in [5.41, 5.74) is 6.31. The maximum atomic E-state index is 13.2. The maximum absolute atomic E-state index is 13.2. The molecule has 0 radical (unpaired) electrons. The Morgan fingerprint density at radius 2 is 1.79 bits per heavy atom. The van der Waals surface area contributed by atoms with E-state index in [1.165, 1.54) is 10.2 Å². The Bertz CT molecular complexity index is 834. The van der Waals surface area contributed by atoms with E-state index in [9.17, 15) is 14.4 Å². The summed E-state index contributed by atoms with van der Waals surface area (Å²) in [6.45, 7) is 1.81. The second-order valence-corrected chi connectivity index (χ2v) is 9.67. The predicted molar refractivity (Wildman–Crippen MR) is 110 cm³/mol. The van der Waals surface area contributed by atoms with Crippen molar-refractivity contribution in [2.24, 2.45) is 5.73 Å². The van der Waals surface area contributed by atoms with Crippen LogP contribution in [0.2, 0.25) is 0 Å². The molecule has 2 rings (SSSR count). The Morgan fingerprint density at radius 1 is 1.14 bits per heavy atom. The first kappa shape index (κ1) is 22.0. The second kappa shape index (κ2) is 10.9. The van der Waals surface area contributed by atoms with Gasteiger partial charge in [0.25, 0.3) is 0 Å². The zero-order chi connectivity index (χ0) is 20.5. The van der Waals surface area contributed by atoms with Crippen molar-refractivity contribution >= 4 is 52.1 Å². The fraction of sp³-hybridized carbons (Fsp3) is 0.211. The molecule has 3 N–H and O–H groups in total. The number of para-hydroxylation sites is 1. The normalized spacial score (nSPS) is 11.5. The average molecular weight is 467 g/mol. The number of hydrogen-bond donors (Lipinski definition) is 2. The summed E-state index contributed by atoms with van der Waals surface area (Å²) in [5, 5.41) is 8.89. The number of imide groups is 1. The fourth-order valence-electron chi connectivity index (χ4n) is 2.15. The first-order chi connectivity index (χ1) is 13.5. The number of carboxylic acids is 1. The Labute approximate surface area is 172 Å². The third-order valence-corrected chi connectivity index (χ3v) is 7.77. The number of anilines is 1. The van der Waals surface area contributed by atoms with Gasteiger partial charge in [-0.1, -0.05) is 0 Å². The molecule has 0 bridgehead atoms. The average Bonchev–Trinajstić information content (AvgIpc) is 2.69. The van der Waals surface area contributed by atoms with Gasteiger partial charge in [-0.05, 0) is 0 Å². The van der Waals surface area contributed by atoms with Crippen molar-refractivity contribution in [2.45, 2.75) is 13.0 Å². The molecule has 0 aromatic heterocycles. The summed E-state index contributed by atoms with van der Waals surface area (Å²) in [7, 11) is 1.37. The molecule has 0 saturated heterocycles. The van der Waals surface area contributed by atoms with Crippen LogP contribution in [0.25, 0.3) is 0 Å². The minimum atomic E-state index is -1.06. The van der Waals surface area contributed by atoms with E-state index >= 15 is 0 Å². The van der Waals surface area contributed by atoms with Crippen LogP contribution >= 0.6 is 10.2 Å². The van der Waals surface area contributed by atoms with Crippen molar-refractivity contribution in [1.29, 1.82) is 0 Å². The van der Waals surface area contributed by atoms with Gasteiger partial charge in [0.05, 0.1) is 0 Å². The van der Waals surface area contributed by atoms with E-state index in [2.05, 4.69) is 0 Å². The summed E-state index contributed by atoms with van der Waals surface area (Å²) in [4.78, 5) is 37.5. The van der Waals surface area contributed by atoms with Gasteiger partial charge in [0, 0.05) is 0 Å². The van der Waals surface area contributed by atoms with E-state index in [0.29, 0.717) is 11.3 Å². The van der Waals surface area contributed by atoms with E-state index < -0.39 is 24.0 Å². The van der Waals surface area contributed by atoms with Crippen LogP contribution in [0.3, 0.4) is 0 Å². The first-order valence-electron chi connectivity index (χ1n) is 8.38. The minimum absolute atomic E-state index is 0.143. The molecule has 0 aliphatic heterocycles. The van der Waals surface area contributed by atoms with E-state index in [-0.39, 0.29) is 26.2 Å². The Hall–Kier alpha value is -2.32. The fourth-order valence-corrected chi connectivity index (χ4v) is 6.33. The van der Waals surface area contributed by atoms with Crippen LogP contribution in [-0.2, 0) is 9.53 Å². The third kappa shape index (κ3) is 5.84. The quantitative estimate of drug-likeness (QED) is 0.571. The molecule has 9 heteroatoms. The summed E-state index contributed by atoms with van der Waals surface area (Å²) in [6.07, 6.45) is -0.749. The number of ether oxygens (including phenoxy) is 1. The van der Waals surface area contributed by atoms with Crippen LogP contribution in [0, 0.1) is 0 Å². The molecular formula is C19H20N2O5SSe. The van der Waals surface area contributed by atoms with Crippen LogP contribution < -0.4 is 15.1 Å². The number of hydrogen-bond acceptors (Lipinski definition) is 6. The molecule has 0 saturated carbocycles. The molecule has 7 nitrogen and oxygen atoms in total. The van der Waals surface area contributed by atoms with Gasteiger partial charge in [0.1, 0.15) is 0 Å². The van der Waals surface area contributed by atoms with Crippen molar-refractivity contribution < 1.29 is 24.2 Å². The molecule has 2 aromatic rings. The number of rotatable bonds is 8. The van der Waals surface area contributed by atoms with Crippen LogP contribution in [0.1, 0.15) is 17.3 Å². The van der Waals surface area contributed by atoms with Crippen molar-refractivity contribution in [3.8, 4) is 0 Å². The molecule has 0 aliphatic rings. The molecule has 148 valence electrons. The third-order valence-electron chi connectivity index (χ3n) is 3.50. The Balaban J connectivity index is 2.27. The molecule has 0 fully saturated rings. The van der Waals surface area contributed by atoms with Crippen molar-refractivity contribution in [2.75, 3.05) is 17.3 Å². The van der Waals surface area contributed by atoms with E-state index in [1.807, 2.05) is 0 Å². The number of aliphatic carboxylic acids is 1. The summed E-state index contributed by atoms with van der Waals surface area (Å²) >= 11 is -0.254. The van der Waals surface area contributed by atoms with Crippen LogP contribution in [0.15, 0.2) is 54.6 Å². The second-order valence-electron chi connectivity index (χ2n) is 5.48. The van der Waals surface area contributed by atoms with Gasteiger partial charge in [0.15, 0.2) is 0 Å². The van der Waals surface area contributed by atoms with Gasteiger partial charge in [-0.15, -0.1) is 0 Å². The first-order valence-corrected chi connectivity index (χ1v) is 12.2. The number of benzene rings is 2. The topological polar surface area (TPSA) is 110 Å². The van der Waals surface area contributed by atoms with Crippen LogP contribution in [0.5, 0.6) is 0 Å². The van der Waals surface area contributed by atoms with Gasteiger partial charge in [-0.3, -0.25) is 0 Å². The van der Waals surface area contributed by atoms with Crippen LogP contribution in [-0.4, -0.2) is 55.3 Å². The number of amides is 2. The van der Waals surface area contributed by atoms with E-state index in [1.54, 1.807) is 61.5 Å². The van der Waals surface area contributed by atoms with E-state index in [4.69, 9.17) is 15.6 Å². The molecular weight excluding hydrogens is 447 g/mol. The standard InChI is InChI=1S/C19H20N2O5SSe/c1-2-26-19(25)21(13-8-4-3-5-9-13)17(22)14-10-6-7-11-16(14)28-27-12-15(20)18(23)24/h3-11,15H,2,12,20H2,1H3,(H,23,24)/t15-/m0/s1. The SMILES string of the molecule is CCOC(=O)N(C(=O)c1ccccc1[Se]SC[C@H](N)C(=O)O)c1ccccc1. The summed E-state index contributed by atoms with van der Waals surface area (Å²) < 4.78 is 5.81. The van der Waals surface area contributed by atoms with Crippen molar-refractivity contribution in [3.05, 3.63) is 60.2 Å². The van der Waals surface area contributed by atoms with Crippen molar-refractivity contribution in [1.82, 2.24) is 0 Å². The van der Waals surface area contributed by atoms with Crippen molar-refractivity contribution in [3.63, 3.8) is 0 Å². The Kier molecular flexibility index (Phi) is 8.53. The molecule has 0 heterocycles. The van der Waals surface area contributed by atoms with Gasteiger partial charge >= 0.3 is 172 Å². The van der Waals surface area contributed by atoms with Gasteiger partial charge in [-0.25, -0.2) is 0 Å². The molecule has 2 aromatic carbocycles. The van der Waals surface area contributed by atoms with Gasteiger partial charge in [0.2, 0.25) is 0 Å². The number of carbonyl (C=O) groups is 3. The number of nitrogens with two attached hydrogens (primary N) is 1.